The molecule has 0 amide bonds. The molecule has 0 saturated carbocycles. The van der Waals surface area contributed by atoms with Crippen LogP contribution in [0.5, 0.6) is 0 Å². The van der Waals surface area contributed by atoms with Crippen LogP contribution < -0.4 is 0 Å². The number of rotatable bonds is 2. The first-order valence-electron chi connectivity index (χ1n) is 6.09. The van der Waals surface area contributed by atoms with Crippen LogP contribution in [-0.4, -0.2) is 75.4 Å². The zero-order valence-electron chi connectivity index (χ0n) is 10.1. The predicted octanol–water partition coefficient (Wildman–Crippen LogP) is 0.245. The smallest absolute Gasteiger partial charge is 0.146 e. The van der Waals surface area contributed by atoms with Gasteiger partial charge in [0.05, 0.1) is 0 Å². The first-order valence-corrected chi connectivity index (χ1v) is 6.09. The van der Waals surface area contributed by atoms with Gasteiger partial charge in [0.25, 0.3) is 0 Å². The maximum atomic E-state index is 5.51. The van der Waals surface area contributed by atoms with E-state index >= 15 is 0 Å². The molecule has 0 N–H and O–H groups in total. The van der Waals surface area contributed by atoms with E-state index in [2.05, 4.69) is 14.0 Å². The summed E-state index contributed by atoms with van der Waals surface area (Å²) in [4.78, 5) is 0. The summed E-state index contributed by atoms with van der Waals surface area (Å²) in [6.45, 7) is 11.8. The summed E-state index contributed by atoms with van der Waals surface area (Å²) in [5.74, 6) is 0. The SMILES string of the molecule is CC[N+]1([N+]2(C)CCOCC2)CCOCC1. The van der Waals surface area contributed by atoms with Gasteiger partial charge < -0.3 is 9.47 Å². The van der Waals surface area contributed by atoms with E-state index in [0.29, 0.717) is 0 Å². The molecule has 0 aliphatic carbocycles. The zero-order chi connectivity index (χ0) is 10.8. The number of nitrogens with zero attached hydrogens (tertiary/aromatic N) is 2. The minimum Gasteiger partial charge on any atom is -0.369 e. The second-order valence-corrected chi connectivity index (χ2v) is 4.87. The molecule has 2 rings (SSSR count). The molecule has 2 aliphatic heterocycles. The number of quaternary nitrogens is 2. The van der Waals surface area contributed by atoms with Crippen molar-refractivity contribution in [2.75, 3.05) is 66.2 Å². The molecular formula is C11H24N2O2+2. The highest BCUT2D eigenvalue weighted by Crippen LogP contribution is 2.24. The van der Waals surface area contributed by atoms with Gasteiger partial charge in [-0.1, -0.05) is 0 Å². The summed E-state index contributed by atoms with van der Waals surface area (Å²) in [7, 11) is 2.39. The van der Waals surface area contributed by atoms with E-state index in [1.807, 2.05) is 0 Å². The molecule has 0 atom stereocenters. The van der Waals surface area contributed by atoms with E-state index in [0.717, 1.165) is 57.2 Å². The molecule has 0 spiro atoms. The molecule has 0 aromatic rings. The molecule has 2 aliphatic rings. The minimum atomic E-state index is 0.914. The molecular weight excluding hydrogens is 192 g/mol. The second kappa shape index (κ2) is 4.37. The molecule has 2 fully saturated rings. The van der Waals surface area contributed by atoms with Crippen molar-refractivity contribution in [3.63, 3.8) is 0 Å². The van der Waals surface area contributed by atoms with Crippen molar-refractivity contribution >= 4 is 0 Å². The first kappa shape index (κ1) is 11.3. The fraction of sp³-hybridized carbons (Fsp3) is 1.00. The third kappa shape index (κ3) is 1.91. The Bertz CT molecular complexity index is 209. The van der Waals surface area contributed by atoms with E-state index in [1.54, 1.807) is 0 Å². The van der Waals surface area contributed by atoms with Crippen molar-refractivity contribution < 1.29 is 18.7 Å². The molecule has 4 heteroatoms. The fourth-order valence-corrected chi connectivity index (χ4v) is 2.98. The number of likely N-dealkylation sites (N-methyl/N-ethyl adjacent to an activating group) is 2. The Hall–Kier alpha value is -0.160. The van der Waals surface area contributed by atoms with Gasteiger partial charge in [-0.2, -0.15) is 9.18 Å². The molecule has 0 aromatic heterocycles. The van der Waals surface area contributed by atoms with Crippen LogP contribution in [0.25, 0.3) is 0 Å². The van der Waals surface area contributed by atoms with Gasteiger partial charge in [-0.05, 0) is 6.92 Å². The van der Waals surface area contributed by atoms with Crippen LogP contribution in [0.3, 0.4) is 0 Å². The Morgan fingerprint density at radius 3 is 1.80 bits per heavy atom. The van der Waals surface area contributed by atoms with E-state index in [9.17, 15) is 0 Å². The van der Waals surface area contributed by atoms with Crippen LogP contribution in [-0.2, 0) is 9.47 Å². The van der Waals surface area contributed by atoms with Gasteiger partial charge in [-0.25, -0.2) is 0 Å². The van der Waals surface area contributed by atoms with Crippen molar-refractivity contribution in [1.82, 2.24) is 0 Å². The van der Waals surface area contributed by atoms with Crippen molar-refractivity contribution in [1.29, 1.82) is 0 Å². The summed E-state index contributed by atoms with van der Waals surface area (Å²) in [6, 6.07) is 0. The summed E-state index contributed by atoms with van der Waals surface area (Å²) in [5, 5.41) is 0. The summed E-state index contributed by atoms with van der Waals surface area (Å²) in [6.07, 6.45) is 0. The van der Waals surface area contributed by atoms with Crippen LogP contribution in [0, 0.1) is 0 Å². The van der Waals surface area contributed by atoms with Gasteiger partial charge in [-0.15, -0.1) is 0 Å². The Kier molecular flexibility index (Phi) is 3.30. The van der Waals surface area contributed by atoms with Crippen molar-refractivity contribution in [3.05, 3.63) is 0 Å². The molecule has 0 radical (unpaired) electrons. The van der Waals surface area contributed by atoms with E-state index in [4.69, 9.17) is 9.47 Å². The van der Waals surface area contributed by atoms with Gasteiger partial charge in [0.15, 0.2) is 0 Å². The number of hydrogen-bond acceptors (Lipinski definition) is 2. The lowest BCUT2D eigenvalue weighted by Crippen LogP contribution is -2.76. The lowest BCUT2D eigenvalue weighted by atomic mass is 10.3. The van der Waals surface area contributed by atoms with Crippen LogP contribution in [0.2, 0.25) is 0 Å². The zero-order valence-corrected chi connectivity index (χ0v) is 10.1. The van der Waals surface area contributed by atoms with Crippen LogP contribution in [0.1, 0.15) is 6.92 Å². The number of ether oxygens (including phenoxy) is 2. The Labute approximate surface area is 92.5 Å². The van der Waals surface area contributed by atoms with E-state index in [-0.39, 0.29) is 0 Å². The van der Waals surface area contributed by atoms with Gasteiger partial charge >= 0.3 is 0 Å². The summed E-state index contributed by atoms with van der Waals surface area (Å²) in [5.41, 5.74) is 0. The number of morpholine rings is 2. The monoisotopic (exact) mass is 216 g/mol. The maximum Gasteiger partial charge on any atom is 0.146 e. The molecule has 88 valence electrons. The van der Waals surface area contributed by atoms with Crippen molar-refractivity contribution in [2.45, 2.75) is 6.92 Å². The third-order valence-electron chi connectivity index (χ3n) is 4.35. The second-order valence-electron chi connectivity index (χ2n) is 4.87. The van der Waals surface area contributed by atoms with E-state index < -0.39 is 0 Å². The Balaban J connectivity index is 2.15. The van der Waals surface area contributed by atoms with Gasteiger partial charge in [0, 0.05) is 0 Å². The van der Waals surface area contributed by atoms with Crippen LogP contribution in [0.4, 0.5) is 0 Å². The standard InChI is InChI=1S/C11H24N2O2/c1-3-13(6-10-15-11-7-13)12(2)4-8-14-9-5-12/h3-11H2,1-2H3/q+2. The maximum absolute atomic E-state index is 5.51. The number of hydrogen-bond donors (Lipinski definition) is 0. The predicted molar refractivity (Wildman–Crippen MR) is 58.1 cm³/mol. The topological polar surface area (TPSA) is 18.5 Å². The average molecular weight is 216 g/mol. The first-order chi connectivity index (χ1) is 7.22. The molecule has 15 heavy (non-hydrogen) atoms. The Morgan fingerprint density at radius 1 is 0.867 bits per heavy atom. The third-order valence-corrected chi connectivity index (χ3v) is 4.35. The summed E-state index contributed by atoms with van der Waals surface area (Å²) >= 11 is 0. The highest BCUT2D eigenvalue weighted by molar-refractivity contribution is 4.47. The fourth-order valence-electron chi connectivity index (χ4n) is 2.98. The van der Waals surface area contributed by atoms with Gasteiger partial charge in [-0.3, -0.25) is 0 Å². The van der Waals surface area contributed by atoms with Gasteiger partial charge in [0.2, 0.25) is 0 Å². The van der Waals surface area contributed by atoms with Crippen LogP contribution >= 0.6 is 0 Å². The Morgan fingerprint density at radius 2 is 1.33 bits per heavy atom. The van der Waals surface area contributed by atoms with Crippen LogP contribution in [0.15, 0.2) is 0 Å². The lowest BCUT2D eigenvalue weighted by Gasteiger charge is -2.53. The quantitative estimate of drug-likeness (QED) is 0.616. The lowest BCUT2D eigenvalue weighted by molar-refractivity contribution is -1.49. The van der Waals surface area contributed by atoms with Crippen molar-refractivity contribution in [2.24, 2.45) is 0 Å². The molecule has 0 bridgehead atoms. The average Bonchev–Trinajstić information content (AvgIpc) is 2.31. The molecule has 4 nitrogen and oxygen atoms in total. The molecule has 0 aromatic carbocycles. The van der Waals surface area contributed by atoms with Gasteiger partial charge in [0.1, 0.15) is 66.2 Å². The minimum absolute atomic E-state index is 0.914. The molecule has 2 saturated heterocycles. The molecule has 2 heterocycles. The highest BCUT2D eigenvalue weighted by Gasteiger charge is 2.48. The largest absolute Gasteiger partial charge is 0.369 e. The van der Waals surface area contributed by atoms with E-state index in [1.165, 1.54) is 11.1 Å². The highest BCUT2D eigenvalue weighted by atomic mass is 16.5. The summed E-state index contributed by atoms with van der Waals surface area (Å²) < 4.78 is 13.3. The van der Waals surface area contributed by atoms with Crippen molar-refractivity contribution in [3.8, 4) is 0 Å². The molecule has 0 unspecified atom stereocenters. The normalized spacial score (nSPS) is 30.0.